The third-order valence-electron chi connectivity index (χ3n) is 14.0. The summed E-state index contributed by atoms with van der Waals surface area (Å²) in [6.45, 7) is 4.72. The number of para-hydroxylation sites is 2. The molecule has 13 rings (SSSR count). The molecule has 0 spiro atoms. The van der Waals surface area contributed by atoms with Crippen LogP contribution in [0, 0.1) is 0 Å². The first kappa shape index (κ1) is 38.1. The maximum absolute atomic E-state index is 6.80. The zero-order valence-electron chi connectivity index (χ0n) is 36.7. The lowest BCUT2D eigenvalue weighted by atomic mass is 9.82. The Labute approximate surface area is 384 Å². The Morgan fingerprint density at radius 3 is 1.83 bits per heavy atom. The number of hydrogen-bond acceptors (Lipinski definition) is 2. The number of rotatable bonds is 7. The van der Waals surface area contributed by atoms with Crippen LogP contribution in [0.4, 0.5) is 17.1 Å². The molecule has 3 heteroatoms. The monoisotopic (exact) mass is 844 g/mol. The molecule has 10 aromatic carbocycles. The molecular weight excluding hydrogens is 801 g/mol. The van der Waals surface area contributed by atoms with Crippen LogP contribution in [0.25, 0.3) is 93.9 Å². The molecule has 0 unspecified atom stereocenters. The zero-order chi connectivity index (χ0) is 43.9. The van der Waals surface area contributed by atoms with Gasteiger partial charge in [-0.3, -0.25) is 0 Å². The lowest BCUT2D eigenvalue weighted by Gasteiger charge is -2.30. The SMILES string of the molecule is CC1(C)c2ccccc2-c2ccc(N(c3ccc(-c4ccccc4)cc3-c3ccccc3)c3cccc4oc5ccc(-c6ccc7c(c6)c6ccccc6n7-c6ccccc6)cc5c34)cc21. The molecule has 0 atom stereocenters. The number of fused-ring (bicyclic) bond motifs is 9. The van der Waals surface area contributed by atoms with Gasteiger partial charge in [-0.2, -0.15) is 0 Å². The maximum atomic E-state index is 6.80. The van der Waals surface area contributed by atoms with Crippen molar-refractivity contribution in [3.63, 3.8) is 0 Å². The van der Waals surface area contributed by atoms with E-state index in [2.05, 4.69) is 254 Å². The van der Waals surface area contributed by atoms with Gasteiger partial charge in [0.2, 0.25) is 0 Å². The fourth-order valence-corrected chi connectivity index (χ4v) is 10.8. The van der Waals surface area contributed by atoms with Crippen LogP contribution >= 0.6 is 0 Å². The Bertz CT molecular complexity index is 3840. The summed E-state index contributed by atoms with van der Waals surface area (Å²) < 4.78 is 9.17. The summed E-state index contributed by atoms with van der Waals surface area (Å²) in [6.07, 6.45) is 0. The summed E-state index contributed by atoms with van der Waals surface area (Å²) in [5.41, 5.74) is 20.6. The predicted octanol–water partition coefficient (Wildman–Crippen LogP) is 17.5. The number of anilines is 3. The molecule has 2 aromatic heterocycles. The standard InChI is InChI=1S/C63H44N2O/c1-63(2)54-25-14-12-23-48(54)49-33-32-47(40-55(49)63)65(57-34-29-43(41-17-6-3-7-18-41)37-51(57)42-19-8-4-9-20-42)59-27-16-28-61-62(59)53-39-45(31-36-60(53)66-61)44-30-35-58-52(38-44)50-24-13-15-26-56(50)64(58)46-21-10-5-11-22-46/h3-40H,1-2H3. The van der Waals surface area contributed by atoms with Crippen LogP contribution in [-0.2, 0) is 5.41 Å². The van der Waals surface area contributed by atoms with Crippen molar-refractivity contribution in [1.82, 2.24) is 4.57 Å². The van der Waals surface area contributed by atoms with E-state index in [9.17, 15) is 0 Å². The van der Waals surface area contributed by atoms with Gasteiger partial charge in [0.25, 0.3) is 0 Å². The van der Waals surface area contributed by atoms with Gasteiger partial charge in [-0.05, 0) is 129 Å². The van der Waals surface area contributed by atoms with Gasteiger partial charge >= 0.3 is 0 Å². The van der Waals surface area contributed by atoms with E-state index < -0.39 is 0 Å². The van der Waals surface area contributed by atoms with Gasteiger partial charge in [0.15, 0.2) is 0 Å². The third-order valence-corrected chi connectivity index (χ3v) is 14.0. The molecule has 0 radical (unpaired) electrons. The number of benzene rings is 10. The van der Waals surface area contributed by atoms with Crippen molar-refractivity contribution in [2.45, 2.75) is 19.3 Å². The van der Waals surface area contributed by atoms with Crippen LogP contribution in [-0.4, -0.2) is 4.57 Å². The predicted molar refractivity (Wildman–Crippen MR) is 277 cm³/mol. The van der Waals surface area contributed by atoms with Gasteiger partial charge in [0.1, 0.15) is 11.2 Å². The highest BCUT2D eigenvalue weighted by atomic mass is 16.3. The van der Waals surface area contributed by atoms with Crippen LogP contribution < -0.4 is 4.90 Å². The second kappa shape index (κ2) is 14.8. The van der Waals surface area contributed by atoms with E-state index in [-0.39, 0.29) is 5.41 Å². The molecule has 66 heavy (non-hydrogen) atoms. The van der Waals surface area contributed by atoms with Crippen molar-refractivity contribution in [2.75, 3.05) is 4.90 Å². The van der Waals surface area contributed by atoms with Crippen molar-refractivity contribution >= 4 is 60.8 Å². The maximum Gasteiger partial charge on any atom is 0.137 e. The average Bonchev–Trinajstić information content (AvgIpc) is 4.00. The third kappa shape index (κ3) is 5.90. The molecule has 0 fully saturated rings. The largest absolute Gasteiger partial charge is 0.456 e. The van der Waals surface area contributed by atoms with Crippen LogP contribution in [0.1, 0.15) is 25.0 Å². The molecule has 0 aliphatic heterocycles. The molecule has 1 aliphatic carbocycles. The number of aromatic nitrogens is 1. The molecule has 0 amide bonds. The molecule has 2 heterocycles. The highest BCUT2D eigenvalue weighted by Crippen LogP contribution is 2.53. The molecule has 312 valence electrons. The van der Waals surface area contributed by atoms with Crippen molar-refractivity contribution in [1.29, 1.82) is 0 Å². The molecule has 12 aromatic rings. The van der Waals surface area contributed by atoms with Gasteiger partial charge in [-0.15, -0.1) is 0 Å². The highest BCUT2D eigenvalue weighted by Gasteiger charge is 2.36. The van der Waals surface area contributed by atoms with E-state index in [0.29, 0.717) is 0 Å². The smallest absolute Gasteiger partial charge is 0.137 e. The van der Waals surface area contributed by atoms with Crippen LogP contribution in [0.5, 0.6) is 0 Å². The van der Waals surface area contributed by atoms with Gasteiger partial charge < -0.3 is 13.9 Å². The molecule has 3 nitrogen and oxygen atoms in total. The molecule has 0 saturated carbocycles. The van der Waals surface area contributed by atoms with Crippen LogP contribution in [0.3, 0.4) is 0 Å². The van der Waals surface area contributed by atoms with E-state index in [1.807, 2.05) is 0 Å². The Hall–Kier alpha value is -8.40. The van der Waals surface area contributed by atoms with E-state index in [1.165, 1.54) is 55.2 Å². The summed E-state index contributed by atoms with van der Waals surface area (Å²) in [5, 5.41) is 4.61. The molecule has 0 saturated heterocycles. The lowest BCUT2D eigenvalue weighted by molar-refractivity contribution is 0.660. The first-order valence-corrected chi connectivity index (χ1v) is 22.8. The van der Waals surface area contributed by atoms with E-state index in [0.717, 1.165) is 66.9 Å². The van der Waals surface area contributed by atoms with E-state index >= 15 is 0 Å². The summed E-state index contributed by atoms with van der Waals surface area (Å²) in [4.78, 5) is 2.48. The Morgan fingerprint density at radius 1 is 0.379 bits per heavy atom. The van der Waals surface area contributed by atoms with Gasteiger partial charge in [-0.1, -0.05) is 166 Å². The van der Waals surface area contributed by atoms with Gasteiger partial charge in [0, 0.05) is 38.5 Å². The Kier molecular flexibility index (Phi) is 8.56. The van der Waals surface area contributed by atoms with Gasteiger partial charge in [-0.25, -0.2) is 0 Å². The molecule has 0 bridgehead atoms. The number of furan rings is 1. The highest BCUT2D eigenvalue weighted by molar-refractivity contribution is 6.15. The fraction of sp³-hybridized carbons (Fsp3) is 0.0476. The lowest BCUT2D eigenvalue weighted by Crippen LogP contribution is -2.17. The summed E-state index contributed by atoms with van der Waals surface area (Å²) in [7, 11) is 0. The fourth-order valence-electron chi connectivity index (χ4n) is 10.8. The topological polar surface area (TPSA) is 21.3 Å². The van der Waals surface area contributed by atoms with Crippen LogP contribution in [0.2, 0.25) is 0 Å². The van der Waals surface area contributed by atoms with Crippen molar-refractivity contribution in [3.8, 4) is 50.2 Å². The second-order valence-corrected chi connectivity index (χ2v) is 18.1. The quantitative estimate of drug-likeness (QED) is 0.159. The molecular formula is C63H44N2O. The number of nitrogens with zero attached hydrogens (tertiary/aromatic N) is 2. The summed E-state index contributed by atoms with van der Waals surface area (Å²) in [5.74, 6) is 0. The molecule has 0 N–H and O–H groups in total. The van der Waals surface area contributed by atoms with E-state index in [1.54, 1.807) is 0 Å². The Balaban J connectivity index is 1.04. The first-order valence-electron chi connectivity index (χ1n) is 22.8. The van der Waals surface area contributed by atoms with Crippen molar-refractivity contribution < 1.29 is 4.42 Å². The minimum atomic E-state index is -0.176. The summed E-state index contributed by atoms with van der Waals surface area (Å²) >= 11 is 0. The zero-order valence-corrected chi connectivity index (χ0v) is 36.7. The first-order chi connectivity index (χ1) is 32.5. The minimum Gasteiger partial charge on any atom is -0.456 e. The van der Waals surface area contributed by atoms with Crippen molar-refractivity contribution in [3.05, 3.63) is 242 Å². The van der Waals surface area contributed by atoms with Crippen molar-refractivity contribution in [2.24, 2.45) is 0 Å². The van der Waals surface area contributed by atoms with Gasteiger partial charge in [0.05, 0.1) is 27.8 Å². The normalized spacial score (nSPS) is 12.8. The van der Waals surface area contributed by atoms with E-state index in [4.69, 9.17) is 4.42 Å². The average molecular weight is 845 g/mol. The van der Waals surface area contributed by atoms with Crippen LogP contribution in [0.15, 0.2) is 235 Å². The Morgan fingerprint density at radius 2 is 1.02 bits per heavy atom. The molecule has 1 aliphatic rings. The second-order valence-electron chi connectivity index (χ2n) is 18.1. The number of hydrogen-bond donors (Lipinski definition) is 0. The summed E-state index contributed by atoms with van der Waals surface area (Å²) in [6, 6.07) is 83.9. The minimum absolute atomic E-state index is 0.176.